The van der Waals surface area contributed by atoms with Crippen LogP contribution in [-0.2, 0) is 26.2 Å². The van der Waals surface area contributed by atoms with Crippen molar-refractivity contribution in [3.05, 3.63) is 99.1 Å². The van der Waals surface area contributed by atoms with Crippen LogP contribution in [0.5, 0.6) is 5.75 Å². The number of amides is 1. The number of fused-ring (bicyclic) bond motifs is 1. The Morgan fingerprint density at radius 1 is 1.03 bits per heavy atom. The zero-order valence-corrected chi connectivity index (χ0v) is 19.0. The van der Waals surface area contributed by atoms with Gasteiger partial charge in [0, 0.05) is 37.8 Å². The molecule has 1 saturated heterocycles. The Kier molecular flexibility index (Phi) is 6.47. The van der Waals surface area contributed by atoms with E-state index in [1.165, 1.54) is 23.5 Å². The Balaban J connectivity index is 1.15. The van der Waals surface area contributed by atoms with E-state index >= 15 is 0 Å². The summed E-state index contributed by atoms with van der Waals surface area (Å²) < 4.78 is 11.4. The lowest BCUT2D eigenvalue weighted by molar-refractivity contribution is 0.0546. The number of carbonyl (C=O) groups excluding carboxylic acids is 1. The molecule has 1 fully saturated rings. The van der Waals surface area contributed by atoms with Gasteiger partial charge in [0.1, 0.15) is 18.6 Å². The van der Waals surface area contributed by atoms with Gasteiger partial charge in [-0.15, -0.1) is 0 Å². The molecule has 2 aromatic carbocycles. The molecular formula is C27H28N2O5. The smallest absolute Gasteiger partial charge is 0.253 e. The summed E-state index contributed by atoms with van der Waals surface area (Å²) in [7, 11) is 0. The largest absolute Gasteiger partial charge is 0.482 e. The van der Waals surface area contributed by atoms with Crippen molar-refractivity contribution in [3.8, 4) is 5.75 Å². The van der Waals surface area contributed by atoms with Gasteiger partial charge in [-0.1, -0.05) is 36.4 Å². The maximum absolute atomic E-state index is 12.6. The zero-order chi connectivity index (χ0) is 23.5. The van der Waals surface area contributed by atoms with E-state index in [4.69, 9.17) is 9.15 Å². The Labute approximate surface area is 198 Å². The molecule has 3 heterocycles. The zero-order valence-electron chi connectivity index (χ0n) is 19.0. The fraction of sp³-hybridized carbons (Fsp3) is 0.333. The summed E-state index contributed by atoms with van der Waals surface area (Å²) in [6.45, 7) is 3.60. The van der Waals surface area contributed by atoms with Gasteiger partial charge < -0.3 is 19.2 Å². The van der Waals surface area contributed by atoms with Crippen molar-refractivity contribution in [3.63, 3.8) is 0 Å². The predicted octanol–water partition coefficient (Wildman–Crippen LogP) is 3.33. The van der Waals surface area contributed by atoms with Crippen LogP contribution in [0.1, 0.15) is 45.7 Å². The minimum Gasteiger partial charge on any atom is -0.482 e. The molecule has 7 heteroatoms. The van der Waals surface area contributed by atoms with Crippen LogP contribution in [0, 0.1) is 0 Å². The number of nitrogens with zero attached hydrogens (tertiary/aromatic N) is 2. The second-order valence-electron chi connectivity index (χ2n) is 9.00. The number of benzene rings is 2. The first-order valence-corrected chi connectivity index (χ1v) is 11.6. The predicted molar refractivity (Wildman–Crippen MR) is 126 cm³/mol. The molecule has 2 aliphatic rings. The Morgan fingerprint density at radius 3 is 2.35 bits per heavy atom. The molecule has 2 aliphatic heterocycles. The lowest BCUT2D eigenvalue weighted by Gasteiger charge is -2.29. The van der Waals surface area contributed by atoms with Crippen LogP contribution in [0.3, 0.4) is 0 Å². The summed E-state index contributed by atoms with van der Waals surface area (Å²) in [5.74, 6) is 0.746. The molecule has 1 aromatic heterocycles. The van der Waals surface area contributed by atoms with Crippen LogP contribution < -0.4 is 10.2 Å². The number of aliphatic hydroxyl groups is 1. The SMILES string of the molecule is O=C(c1ccc(COc2coc(CN3Cc4ccccc4C3)cc2=O)cc1)N1CCC(O)CC1. The van der Waals surface area contributed by atoms with Gasteiger partial charge in [0.2, 0.25) is 11.2 Å². The Bertz CT molecular complexity index is 1190. The summed E-state index contributed by atoms with van der Waals surface area (Å²) >= 11 is 0. The highest BCUT2D eigenvalue weighted by atomic mass is 16.5. The molecule has 7 nitrogen and oxygen atoms in total. The number of hydrogen-bond acceptors (Lipinski definition) is 6. The van der Waals surface area contributed by atoms with Gasteiger partial charge in [-0.2, -0.15) is 0 Å². The first-order valence-electron chi connectivity index (χ1n) is 11.6. The number of carbonyl (C=O) groups is 1. The Hall–Kier alpha value is -3.42. The molecule has 0 unspecified atom stereocenters. The fourth-order valence-electron chi connectivity index (χ4n) is 4.52. The van der Waals surface area contributed by atoms with Crippen LogP contribution in [0.25, 0.3) is 0 Å². The van der Waals surface area contributed by atoms with Crippen molar-refractivity contribution in [2.24, 2.45) is 0 Å². The number of piperidine rings is 1. The quantitative estimate of drug-likeness (QED) is 0.608. The van der Waals surface area contributed by atoms with Crippen molar-refractivity contribution in [2.45, 2.75) is 45.2 Å². The molecule has 1 amide bonds. The highest BCUT2D eigenvalue weighted by Crippen LogP contribution is 2.24. The minimum absolute atomic E-state index is 0.0308. The number of rotatable bonds is 6. The molecule has 0 spiro atoms. The van der Waals surface area contributed by atoms with Crippen LogP contribution in [0.4, 0.5) is 0 Å². The number of likely N-dealkylation sites (tertiary alicyclic amines) is 1. The average molecular weight is 461 g/mol. The third-order valence-corrected chi connectivity index (χ3v) is 6.48. The molecule has 1 N–H and O–H groups in total. The van der Waals surface area contributed by atoms with Crippen molar-refractivity contribution < 1.29 is 19.1 Å². The second kappa shape index (κ2) is 9.83. The van der Waals surface area contributed by atoms with Gasteiger partial charge in [0.25, 0.3) is 5.91 Å². The third-order valence-electron chi connectivity index (χ3n) is 6.48. The molecule has 0 saturated carbocycles. The Morgan fingerprint density at radius 2 is 1.71 bits per heavy atom. The monoisotopic (exact) mass is 460 g/mol. The first-order chi connectivity index (χ1) is 16.5. The van der Waals surface area contributed by atoms with Crippen molar-refractivity contribution in [1.29, 1.82) is 0 Å². The van der Waals surface area contributed by atoms with E-state index in [0.717, 1.165) is 18.7 Å². The van der Waals surface area contributed by atoms with Gasteiger partial charge in [0.15, 0.2) is 0 Å². The normalized spacial score (nSPS) is 16.4. The maximum atomic E-state index is 12.6. The van der Waals surface area contributed by atoms with E-state index in [9.17, 15) is 14.7 Å². The van der Waals surface area contributed by atoms with E-state index in [0.29, 0.717) is 43.8 Å². The molecule has 3 aromatic rings. The topological polar surface area (TPSA) is 83.2 Å². The highest BCUT2D eigenvalue weighted by Gasteiger charge is 2.22. The highest BCUT2D eigenvalue weighted by molar-refractivity contribution is 5.94. The van der Waals surface area contributed by atoms with Crippen molar-refractivity contribution in [1.82, 2.24) is 9.80 Å². The molecule has 0 radical (unpaired) electrons. The molecule has 176 valence electrons. The standard InChI is InChI=1S/C27H28N2O5/c30-23-9-11-29(12-10-23)27(32)20-7-5-19(6-8-20)17-34-26-18-33-24(13-25(26)31)16-28-14-21-3-1-2-4-22(21)15-28/h1-8,13,18,23,30H,9-12,14-17H2. The molecular weight excluding hydrogens is 432 g/mol. The number of ether oxygens (including phenoxy) is 1. The third kappa shape index (κ3) is 5.05. The number of hydrogen-bond donors (Lipinski definition) is 1. The second-order valence-corrected chi connectivity index (χ2v) is 9.00. The van der Waals surface area contributed by atoms with E-state index in [-0.39, 0.29) is 29.8 Å². The van der Waals surface area contributed by atoms with E-state index in [1.54, 1.807) is 17.0 Å². The van der Waals surface area contributed by atoms with Crippen LogP contribution >= 0.6 is 0 Å². The van der Waals surface area contributed by atoms with E-state index in [2.05, 4.69) is 17.0 Å². The average Bonchev–Trinajstić information content (AvgIpc) is 3.26. The minimum atomic E-state index is -0.312. The van der Waals surface area contributed by atoms with E-state index in [1.807, 2.05) is 24.3 Å². The summed E-state index contributed by atoms with van der Waals surface area (Å²) in [5, 5.41) is 9.62. The van der Waals surface area contributed by atoms with Crippen LogP contribution in [-0.4, -0.2) is 40.0 Å². The van der Waals surface area contributed by atoms with Crippen molar-refractivity contribution >= 4 is 5.91 Å². The summed E-state index contributed by atoms with van der Waals surface area (Å²) in [5.41, 5.74) is 3.87. The van der Waals surface area contributed by atoms with Gasteiger partial charge in [-0.3, -0.25) is 14.5 Å². The van der Waals surface area contributed by atoms with Crippen LogP contribution in [0.15, 0.2) is 70.1 Å². The summed E-state index contributed by atoms with van der Waals surface area (Å²) in [6, 6.07) is 17.0. The summed E-state index contributed by atoms with van der Waals surface area (Å²) in [4.78, 5) is 29.1. The van der Waals surface area contributed by atoms with Crippen LogP contribution in [0.2, 0.25) is 0 Å². The molecule has 0 bridgehead atoms. The lowest BCUT2D eigenvalue weighted by Crippen LogP contribution is -2.40. The van der Waals surface area contributed by atoms with Gasteiger partial charge >= 0.3 is 0 Å². The van der Waals surface area contributed by atoms with Crippen molar-refractivity contribution in [2.75, 3.05) is 13.1 Å². The summed E-state index contributed by atoms with van der Waals surface area (Å²) in [6.07, 6.45) is 2.30. The van der Waals surface area contributed by atoms with Gasteiger partial charge in [-0.05, 0) is 41.7 Å². The maximum Gasteiger partial charge on any atom is 0.253 e. The first kappa shape index (κ1) is 22.4. The molecule has 5 rings (SSSR count). The molecule has 0 aliphatic carbocycles. The molecule has 0 atom stereocenters. The fourth-order valence-corrected chi connectivity index (χ4v) is 4.52. The van der Waals surface area contributed by atoms with Gasteiger partial charge in [-0.25, -0.2) is 0 Å². The lowest BCUT2D eigenvalue weighted by atomic mass is 10.1. The number of aliphatic hydroxyl groups excluding tert-OH is 1. The van der Waals surface area contributed by atoms with Gasteiger partial charge in [0.05, 0.1) is 12.6 Å². The molecule has 34 heavy (non-hydrogen) atoms. The van der Waals surface area contributed by atoms with E-state index < -0.39 is 0 Å².